The van der Waals surface area contributed by atoms with Gasteiger partial charge in [0.1, 0.15) is 11.6 Å². The van der Waals surface area contributed by atoms with Gasteiger partial charge in [-0.15, -0.1) is 0 Å². The van der Waals surface area contributed by atoms with E-state index < -0.39 is 23.6 Å². The summed E-state index contributed by atoms with van der Waals surface area (Å²) in [6.07, 6.45) is 0.212. The minimum Gasteiger partial charge on any atom is -0.480 e. The Hall–Kier alpha value is -2.39. The first-order chi connectivity index (χ1) is 10.2. The molecule has 0 bridgehead atoms. The number of rotatable bonds is 6. The molecular formula is C16H20N2O4. The molecule has 1 aromatic carbocycles. The van der Waals surface area contributed by atoms with Crippen LogP contribution in [0, 0.1) is 11.3 Å². The Labute approximate surface area is 129 Å². The lowest BCUT2D eigenvalue weighted by Crippen LogP contribution is -2.42. The van der Waals surface area contributed by atoms with Crippen molar-refractivity contribution in [2.75, 3.05) is 6.54 Å². The summed E-state index contributed by atoms with van der Waals surface area (Å²) in [6.45, 7) is 5.06. The van der Waals surface area contributed by atoms with Gasteiger partial charge in [-0.05, 0) is 44.9 Å². The number of carboxylic acid groups (broad SMARTS) is 1. The van der Waals surface area contributed by atoms with Crippen molar-refractivity contribution in [2.24, 2.45) is 0 Å². The Morgan fingerprint density at radius 1 is 1.32 bits per heavy atom. The first kappa shape index (κ1) is 17.7. The molecule has 1 unspecified atom stereocenters. The third kappa shape index (κ3) is 6.37. The second kappa shape index (κ2) is 7.57. The van der Waals surface area contributed by atoms with Crippen LogP contribution in [0.15, 0.2) is 24.3 Å². The van der Waals surface area contributed by atoms with Crippen LogP contribution < -0.4 is 5.32 Å². The maximum absolute atomic E-state index is 11.6. The van der Waals surface area contributed by atoms with Crippen LogP contribution in [0.3, 0.4) is 0 Å². The number of carbonyl (C=O) groups is 2. The van der Waals surface area contributed by atoms with Crippen molar-refractivity contribution in [1.29, 1.82) is 5.26 Å². The molecule has 0 aliphatic heterocycles. The van der Waals surface area contributed by atoms with Gasteiger partial charge in [-0.25, -0.2) is 0 Å². The second-order valence-corrected chi connectivity index (χ2v) is 5.87. The minimum absolute atomic E-state index is 0.176. The number of nitrogens with zero attached hydrogens (tertiary/aromatic N) is 1. The van der Waals surface area contributed by atoms with Crippen LogP contribution in [0.25, 0.3) is 0 Å². The molecule has 0 fully saturated rings. The molecule has 0 radical (unpaired) electrons. The van der Waals surface area contributed by atoms with Gasteiger partial charge in [0.2, 0.25) is 0 Å². The molecule has 1 rings (SSSR count). The maximum atomic E-state index is 11.6. The zero-order valence-corrected chi connectivity index (χ0v) is 12.9. The van der Waals surface area contributed by atoms with Gasteiger partial charge in [0, 0.05) is 0 Å². The molecule has 2 N–H and O–H groups in total. The Kier molecular flexibility index (Phi) is 6.08. The van der Waals surface area contributed by atoms with Crippen molar-refractivity contribution >= 4 is 11.9 Å². The standard InChI is InChI=1S/C16H20N2O4/c1-16(2,3)22-14(19)10-18-13(15(20)21)8-11-4-6-12(9-17)7-5-11/h4-7,13,18H,8,10H2,1-3H3,(H,20,21). The molecule has 0 saturated heterocycles. The van der Waals surface area contributed by atoms with Crippen LogP contribution in [0.1, 0.15) is 31.9 Å². The van der Waals surface area contributed by atoms with Crippen LogP contribution in [-0.4, -0.2) is 35.2 Å². The van der Waals surface area contributed by atoms with Crippen molar-refractivity contribution in [3.63, 3.8) is 0 Å². The van der Waals surface area contributed by atoms with E-state index in [0.29, 0.717) is 5.56 Å². The van der Waals surface area contributed by atoms with E-state index in [1.165, 1.54) is 0 Å². The monoisotopic (exact) mass is 304 g/mol. The Bertz CT molecular complexity index is 567. The molecule has 0 heterocycles. The highest BCUT2D eigenvalue weighted by Crippen LogP contribution is 2.08. The van der Waals surface area contributed by atoms with Crippen molar-refractivity contribution in [1.82, 2.24) is 5.32 Å². The molecule has 0 amide bonds. The van der Waals surface area contributed by atoms with Gasteiger partial charge in [0.05, 0.1) is 18.2 Å². The molecular weight excluding hydrogens is 284 g/mol. The van der Waals surface area contributed by atoms with Gasteiger partial charge >= 0.3 is 11.9 Å². The number of hydrogen-bond acceptors (Lipinski definition) is 5. The third-order valence-electron chi connectivity index (χ3n) is 2.73. The molecule has 1 atom stereocenters. The van der Waals surface area contributed by atoms with Gasteiger partial charge in [0.25, 0.3) is 0 Å². The molecule has 118 valence electrons. The largest absolute Gasteiger partial charge is 0.480 e. The second-order valence-electron chi connectivity index (χ2n) is 5.87. The van der Waals surface area contributed by atoms with E-state index in [0.717, 1.165) is 5.56 Å². The zero-order valence-electron chi connectivity index (χ0n) is 12.9. The molecule has 0 aromatic heterocycles. The molecule has 6 heteroatoms. The SMILES string of the molecule is CC(C)(C)OC(=O)CNC(Cc1ccc(C#N)cc1)C(=O)O. The average Bonchev–Trinajstić information content (AvgIpc) is 2.41. The van der Waals surface area contributed by atoms with E-state index in [-0.39, 0.29) is 13.0 Å². The minimum atomic E-state index is -1.05. The maximum Gasteiger partial charge on any atom is 0.321 e. The first-order valence-electron chi connectivity index (χ1n) is 6.88. The van der Waals surface area contributed by atoms with Gasteiger partial charge in [-0.2, -0.15) is 5.26 Å². The van der Waals surface area contributed by atoms with Crippen LogP contribution >= 0.6 is 0 Å². The van der Waals surface area contributed by atoms with E-state index >= 15 is 0 Å². The molecule has 0 spiro atoms. The number of carbonyl (C=O) groups excluding carboxylic acids is 1. The van der Waals surface area contributed by atoms with Crippen LogP contribution in [0.2, 0.25) is 0 Å². The number of nitriles is 1. The molecule has 0 saturated carbocycles. The highest BCUT2D eigenvalue weighted by Gasteiger charge is 2.21. The smallest absolute Gasteiger partial charge is 0.321 e. The van der Waals surface area contributed by atoms with Crippen molar-refractivity contribution < 1.29 is 19.4 Å². The Morgan fingerprint density at radius 3 is 2.36 bits per heavy atom. The number of benzene rings is 1. The van der Waals surface area contributed by atoms with Gasteiger partial charge < -0.3 is 9.84 Å². The summed E-state index contributed by atoms with van der Waals surface area (Å²) in [6, 6.07) is 7.75. The normalized spacial score (nSPS) is 12.3. The lowest BCUT2D eigenvalue weighted by molar-refractivity contribution is -0.154. The first-order valence-corrected chi connectivity index (χ1v) is 6.88. The highest BCUT2D eigenvalue weighted by atomic mass is 16.6. The number of carboxylic acids is 1. The van der Waals surface area contributed by atoms with E-state index in [2.05, 4.69) is 5.32 Å². The van der Waals surface area contributed by atoms with Gasteiger partial charge in [0.15, 0.2) is 0 Å². The quantitative estimate of drug-likeness (QED) is 0.772. The predicted molar refractivity (Wildman–Crippen MR) is 80.1 cm³/mol. The van der Waals surface area contributed by atoms with Crippen LogP contribution in [-0.2, 0) is 20.7 Å². The molecule has 1 aromatic rings. The fourth-order valence-corrected chi connectivity index (χ4v) is 1.78. The summed E-state index contributed by atoms with van der Waals surface area (Å²) in [7, 11) is 0. The van der Waals surface area contributed by atoms with Crippen LogP contribution in [0.4, 0.5) is 0 Å². The average molecular weight is 304 g/mol. The lowest BCUT2D eigenvalue weighted by Gasteiger charge is -2.21. The number of hydrogen-bond donors (Lipinski definition) is 2. The summed E-state index contributed by atoms with van der Waals surface area (Å²) in [4.78, 5) is 22.9. The van der Waals surface area contributed by atoms with E-state index in [1.54, 1.807) is 45.0 Å². The number of aliphatic carboxylic acids is 1. The summed E-state index contributed by atoms with van der Waals surface area (Å²) < 4.78 is 5.12. The fraction of sp³-hybridized carbons (Fsp3) is 0.438. The third-order valence-corrected chi connectivity index (χ3v) is 2.73. The molecule has 6 nitrogen and oxygen atoms in total. The van der Waals surface area contributed by atoms with Crippen molar-refractivity contribution in [3.8, 4) is 6.07 Å². The van der Waals surface area contributed by atoms with E-state index in [1.807, 2.05) is 6.07 Å². The Morgan fingerprint density at radius 2 is 1.91 bits per heavy atom. The summed E-state index contributed by atoms with van der Waals surface area (Å²) in [5, 5.41) is 20.6. The molecule has 0 aliphatic carbocycles. The summed E-state index contributed by atoms with van der Waals surface area (Å²) in [5.41, 5.74) is 0.672. The lowest BCUT2D eigenvalue weighted by atomic mass is 10.0. The zero-order chi connectivity index (χ0) is 16.8. The highest BCUT2D eigenvalue weighted by molar-refractivity contribution is 5.76. The summed E-state index contributed by atoms with van der Waals surface area (Å²) >= 11 is 0. The number of nitrogens with one attached hydrogen (secondary N) is 1. The fourth-order valence-electron chi connectivity index (χ4n) is 1.78. The van der Waals surface area contributed by atoms with E-state index in [4.69, 9.17) is 10.00 Å². The van der Waals surface area contributed by atoms with Crippen LogP contribution in [0.5, 0.6) is 0 Å². The number of ether oxygens (including phenoxy) is 1. The molecule has 22 heavy (non-hydrogen) atoms. The topological polar surface area (TPSA) is 99.4 Å². The van der Waals surface area contributed by atoms with Crippen molar-refractivity contribution in [3.05, 3.63) is 35.4 Å². The molecule has 0 aliphatic rings. The van der Waals surface area contributed by atoms with Gasteiger partial charge in [-0.1, -0.05) is 12.1 Å². The van der Waals surface area contributed by atoms with Crippen molar-refractivity contribution in [2.45, 2.75) is 38.8 Å². The van der Waals surface area contributed by atoms with E-state index in [9.17, 15) is 14.7 Å². The Balaban J connectivity index is 2.60. The predicted octanol–water partition coefficient (Wildman–Crippen LogP) is 1.49. The number of esters is 1. The summed E-state index contributed by atoms with van der Waals surface area (Å²) in [5.74, 6) is -1.55. The van der Waals surface area contributed by atoms with Gasteiger partial charge in [-0.3, -0.25) is 14.9 Å².